The fourth-order valence-corrected chi connectivity index (χ4v) is 3.71. The lowest BCUT2D eigenvalue weighted by molar-refractivity contribution is 0.259. The van der Waals surface area contributed by atoms with Crippen molar-refractivity contribution in [3.8, 4) is 5.75 Å². The zero-order chi connectivity index (χ0) is 14.1. The normalized spacial score (nSPS) is 16.8. The summed E-state index contributed by atoms with van der Waals surface area (Å²) < 4.78 is 20.0. The molecule has 1 aliphatic heterocycles. The van der Waals surface area contributed by atoms with Gasteiger partial charge in [-0.25, -0.2) is 4.39 Å². The average molecular weight is 354 g/mol. The molecule has 0 spiro atoms. The molecule has 0 fully saturated rings. The Hall–Kier alpha value is -1.20. The van der Waals surface area contributed by atoms with Crippen LogP contribution in [0.25, 0.3) is 0 Å². The summed E-state index contributed by atoms with van der Waals surface area (Å²) in [5.41, 5.74) is 7.65. The molecule has 2 aromatic rings. The van der Waals surface area contributed by atoms with Gasteiger partial charge >= 0.3 is 0 Å². The number of benzene rings is 2. The van der Waals surface area contributed by atoms with Crippen molar-refractivity contribution in [2.75, 3.05) is 11.5 Å². The smallest absolute Gasteiger partial charge is 0.123 e. The highest BCUT2D eigenvalue weighted by Gasteiger charge is 2.23. The van der Waals surface area contributed by atoms with E-state index in [0.717, 1.165) is 38.5 Å². The van der Waals surface area contributed by atoms with Gasteiger partial charge in [-0.15, -0.1) is 11.8 Å². The first-order valence-corrected chi connectivity index (χ1v) is 8.02. The van der Waals surface area contributed by atoms with Crippen molar-refractivity contribution in [3.63, 3.8) is 0 Å². The van der Waals surface area contributed by atoms with Gasteiger partial charge in [0.2, 0.25) is 0 Å². The van der Waals surface area contributed by atoms with Crippen LogP contribution in [-0.4, -0.2) is 11.9 Å². The van der Waals surface area contributed by atoms with E-state index in [-0.39, 0.29) is 11.9 Å². The largest absolute Gasteiger partial charge is 0.489 e. The number of rotatable bonds is 3. The number of nitrogens with two attached hydrogens (primary N) is 1. The molecule has 5 heteroatoms. The third-order valence-electron chi connectivity index (χ3n) is 3.16. The van der Waals surface area contributed by atoms with Crippen LogP contribution in [0.5, 0.6) is 5.75 Å². The van der Waals surface area contributed by atoms with Gasteiger partial charge in [-0.1, -0.05) is 15.9 Å². The summed E-state index contributed by atoms with van der Waals surface area (Å²) in [6, 6.07) is 10.5. The molecule has 0 radical (unpaired) electrons. The van der Waals surface area contributed by atoms with Crippen molar-refractivity contribution >= 4 is 33.4 Å². The number of ether oxygens (including phenoxy) is 1. The van der Waals surface area contributed by atoms with Gasteiger partial charge in [0.1, 0.15) is 17.7 Å². The summed E-state index contributed by atoms with van der Waals surface area (Å²) in [7, 11) is 0. The summed E-state index contributed by atoms with van der Waals surface area (Å²) in [5.74, 6) is 1.37. The lowest BCUT2D eigenvalue weighted by atomic mass is 10.1. The zero-order valence-electron chi connectivity index (χ0n) is 10.6. The highest BCUT2D eigenvalue weighted by Crippen LogP contribution is 2.34. The topological polar surface area (TPSA) is 35.2 Å². The second-order valence-electron chi connectivity index (χ2n) is 4.69. The number of hydrogen-bond acceptors (Lipinski definition) is 3. The minimum atomic E-state index is -0.211. The molecule has 0 aromatic heterocycles. The molecule has 2 nitrogen and oxygen atoms in total. The number of anilines is 1. The molecule has 1 heterocycles. The van der Waals surface area contributed by atoms with Crippen molar-refractivity contribution < 1.29 is 9.13 Å². The Kier molecular flexibility index (Phi) is 3.89. The maximum Gasteiger partial charge on any atom is 0.123 e. The molecule has 3 rings (SSSR count). The third-order valence-corrected chi connectivity index (χ3v) is 4.86. The maximum absolute atomic E-state index is 13.2. The summed E-state index contributed by atoms with van der Waals surface area (Å²) in [6.45, 7) is 0. The fourth-order valence-electron chi connectivity index (χ4n) is 2.20. The van der Waals surface area contributed by atoms with Gasteiger partial charge in [0.05, 0.1) is 0 Å². The van der Waals surface area contributed by atoms with Crippen molar-refractivity contribution in [1.82, 2.24) is 0 Å². The second kappa shape index (κ2) is 5.66. The van der Waals surface area contributed by atoms with E-state index in [2.05, 4.69) is 15.9 Å². The Morgan fingerprint density at radius 2 is 2.15 bits per heavy atom. The second-order valence-corrected chi connectivity index (χ2v) is 6.67. The van der Waals surface area contributed by atoms with E-state index in [1.807, 2.05) is 18.2 Å². The van der Waals surface area contributed by atoms with Gasteiger partial charge in [-0.05, 0) is 36.4 Å². The van der Waals surface area contributed by atoms with E-state index in [9.17, 15) is 4.39 Å². The molecular weight excluding hydrogens is 341 g/mol. The molecule has 0 saturated carbocycles. The van der Waals surface area contributed by atoms with E-state index in [1.165, 1.54) is 6.07 Å². The number of fused-ring (bicyclic) bond motifs is 1. The highest BCUT2D eigenvalue weighted by molar-refractivity contribution is 9.10. The van der Waals surface area contributed by atoms with Crippen molar-refractivity contribution in [3.05, 3.63) is 52.3 Å². The number of nitrogen functional groups attached to an aromatic ring is 1. The molecule has 0 aliphatic carbocycles. The van der Waals surface area contributed by atoms with Crippen LogP contribution in [-0.2, 0) is 6.42 Å². The number of thioether (sulfide) groups is 1. The Morgan fingerprint density at radius 1 is 1.30 bits per heavy atom. The highest BCUT2D eigenvalue weighted by atomic mass is 79.9. The minimum Gasteiger partial charge on any atom is -0.489 e. The van der Waals surface area contributed by atoms with Gasteiger partial charge in [-0.2, -0.15) is 0 Å². The Labute approximate surface area is 129 Å². The average Bonchev–Trinajstić information content (AvgIpc) is 2.81. The molecule has 104 valence electrons. The van der Waals surface area contributed by atoms with E-state index in [1.54, 1.807) is 23.9 Å². The predicted octanol–water partition coefficient (Wildman–Crippen LogP) is 4.27. The molecule has 20 heavy (non-hydrogen) atoms. The Balaban J connectivity index is 1.65. The van der Waals surface area contributed by atoms with Crippen LogP contribution >= 0.6 is 27.7 Å². The van der Waals surface area contributed by atoms with Gasteiger partial charge in [0, 0.05) is 32.8 Å². The van der Waals surface area contributed by atoms with Crippen LogP contribution in [0.4, 0.5) is 10.1 Å². The van der Waals surface area contributed by atoms with Crippen LogP contribution in [0.3, 0.4) is 0 Å². The molecule has 0 saturated heterocycles. The standard InChI is InChI=1S/C15H13BrFNOS/c16-10-1-3-13(18)15(7-10)20-8-12-6-9-5-11(17)2-4-14(9)19-12/h1-5,7,12H,6,8,18H2. The SMILES string of the molecule is Nc1ccc(Br)cc1SCC1Cc2cc(F)ccc2O1. The molecular formula is C15H13BrFNOS. The maximum atomic E-state index is 13.2. The van der Waals surface area contributed by atoms with Gasteiger partial charge in [-0.3, -0.25) is 0 Å². The van der Waals surface area contributed by atoms with Crippen LogP contribution in [0.15, 0.2) is 45.8 Å². The predicted molar refractivity (Wildman–Crippen MR) is 83.8 cm³/mol. The van der Waals surface area contributed by atoms with Crippen LogP contribution in [0.2, 0.25) is 0 Å². The Morgan fingerprint density at radius 3 is 3.00 bits per heavy atom. The van der Waals surface area contributed by atoms with Gasteiger partial charge in [0.15, 0.2) is 0 Å². The zero-order valence-corrected chi connectivity index (χ0v) is 13.0. The molecule has 1 unspecified atom stereocenters. The van der Waals surface area contributed by atoms with E-state index in [0.29, 0.717) is 0 Å². The van der Waals surface area contributed by atoms with E-state index >= 15 is 0 Å². The first-order valence-electron chi connectivity index (χ1n) is 6.25. The molecule has 2 N–H and O–H groups in total. The molecule has 0 amide bonds. The monoisotopic (exact) mass is 353 g/mol. The van der Waals surface area contributed by atoms with Gasteiger partial charge < -0.3 is 10.5 Å². The molecule has 1 atom stereocenters. The van der Waals surface area contributed by atoms with Gasteiger partial charge in [0.25, 0.3) is 0 Å². The first kappa shape index (κ1) is 13.8. The minimum absolute atomic E-state index is 0.0650. The van der Waals surface area contributed by atoms with Crippen molar-refractivity contribution in [2.45, 2.75) is 17.4 Å². The summed E-state index contributed by atoms with van der Waals surface area (Å²) >= 11 is 5.10. The quantitative estimate of drug-likeness (QED) is 0.661. The van der Waals surface area contributed by atoms with E-state index in [4.69, 9.17) is 10.5 Å². The summed E-state index contributed by atoms with van der Waals surface area (Å²) in [6.07, 6.45) is 0.809. The Bertz CT molecular complexity index is 650. The summed E-state index contributed by atoms with van der Waals surface area (Å²) in [4.78, 5) is 1.03. The molecule has 1 aliphatic rings. The number of hydrogen-bond donors (Lipinski definition) is 1. The lowest BCUT2D eigenvalue weighted by Gasteiger charge is -2.11. The van der Waals surface area contributed by atoms with Crippen LogP contribution < -0.4 is 10.5 Å². The van der Waals surface area contributed by atoms with Crippen molar-refractivity contribution in [2.24, 2.45) is 0 Å². The first-order chi connectivity index (χ1) is 9.61. The summed E-state index contributed by atoms with van der Waals surface area (Å²) in [5, 5.41) is 0. The third kappa shape index (κ3) is 2.94. The van der Waals surface area contributed by atoms with Crippen LogP contribution in [0.1, 0.15) is 5.56 Å². The fraction of sp³-hybridized carbons (Fsp3) is 0.200. The van der Waals surface area contributed by atoms with E-state index < -0.39 is 0 Å². The number of halogens is 2. The molecule has 0 bridgehead atoms. The molecule has 2 aromatic carbocycles. The lowest BCUT2D eigenvalue weighted by Crippen LogP contribution is -2.15. The van der Waals surface area contributed by atoms with Crippen LogP contribution in [0, 0.1) is 5.82 Å². The van der Waals surface area contributed by atoms with Crippen molar-refractivity contribution in [1.29, 1.82) is 0 Å².